The van der Waals surface area contributed by atoms with Crippen molar-refractivity contribution >= 4 is 6.29 Å². The Morgan fingerprint density at radius 2 is 1.83 bits per heavy atom. The molecule has 4 nitrogen and oxygen atoms in total. The lowest BCUT2D eigenvalue weighted by atomic mass is 10.1. The van der Waals surface area contributed by atoms with Gasteiger partial charge in [0.1, 0.15) is 6.29 Å². The van der Waals surface area contributed by atoms with Gasteiger partial charge in [0.2, 0.25) is 0 Å². The summed E-state index contributed by atoms with van der Waals surface area (Å²) >= 11 is 0. The van der Waals surface area contributed by atoms with Crippen molar-refractivity contribution in [1.82, 2.24) is 10.2 Å². The maximum Gasteiger partial charge on any atom is 0.122 e. The molecular weight excluding hydrogens is 288 g/mol. The van der Waals surface area contributed by atoms with Crippen LogP contribution in [0.3, 0.4) is 0 Å². The summed E-state index contributed by atoms with van der Waals surface area (Å²) in [5, 5.41) is 3.42. The topological polar surface area (TPSA) is 41.6 Å². The van der Waals surface area contributed by atoms with Gasteiger partial charge in [-0.2, -0.15) is 0 Å². The van der Waals surface area contributed by atoms with Crippen molar-refractivity contribution in [1.29, 1.82) is 0 Å². The first-order chi connectivity index (χ1) is 11.0. The molecule has 1 unspecified atom stereocenters. The minimum absolute atomic E-state index is 0.204. The van der Waals surface area contributed by atoms with Gasteiger partial charge < -0.3 is 19.7 Å². The fourth-order valence-corrected chi connectivity index (χ4v) is 2.60. The molecule has 23 heavy (non-hydrogen) atoms. The molecule has 0 aromatic carbocycles. The second kappa shape index (κ2) is 15.1. The number of ether oxygens (including phenoxy) is 1. The lowest BCUT2D eigenvalue weighted by Crippen LogP contribution is -2.29. The summed E-state index contributed by atoms with van der Waals surface area (Å²) in [6.07, 6.45) is 9.15. The van der Waals surface area contributed by atoms with Gasteiger partial charge in [0.05, 0.1) is 6.10 Å². The molecule has 4 heteroatoms. The Kier molecular flexibility index (Phi) is 14.8. The number of hydrogen-bond donors (Lipinski definition) is 1. The van der Waals surface area contributed by atoms with Crippen molar-refractivity contribution in [3.05, 3.63) is 0 Å². The van der Waals surface area contributed by atoms with E-state index in [1.54, 1.807) is 0 Å². The van der Waals surface area contributed by atoms with E-state index in [1.807, 2.05) is 13.8 Å². The fourth-order valence-electron chi connectivity index (χ4n) is 2.60. The Hall–Kier alpha value is -0.450. The van der Waals surface area contributed by atoms with Crippen molar-refractivity contribution in [3.63, 3.8) is 0 Å². The lowest BCUT2D eigenvalue weighted by molar-refractivity contribution is -0.110. The second-order valence-corrected chi connectivity index (χ2v) is 7.12. The lowest BCUT2D eigenvalue weighted by Gasteiger charge is -2.20. The van der Waals surface area contributed by atoms with Crippen molar-refractivity contribution in [2.75, 3.05) is 33.3 Å². The number of nitrogens with zero attached hydrogens (tertiary/aromatic N) is 1. The smallest absolute Gasteiger partial charge is 0.122 e. The SMILES string of the molecule is CC(C)C=O.CNC1CCCN(CCCCCOC(C)C)CC1. The molecule has 1 heterocycles. The zero-order valence-electron chi connectivity index (χ0n) is 16.1. The van der Waals surface area contributed by atoms with Crippen LogP contribution in [0.4, 0.5) is 0 Å². The predicted molar refractivity (Wildman–Crippen MR) is 99.0 cm³/mol. The molecule has 1 N–H and O–H groups in total. The molecule has 1 aliphatic rings. The number of carbonyl (C=O) groups excluding carboxylic acids is 1. The van der Waals surface area contributed by atoms with E-state index in [4.69, 9.17) is 4.74 Å². The zero-order valence-corrected chi connectivity index (χ0v) is 16.1. The van der Waals surface area contributed by atoms with Crippen LogP contribution in [0.25, 0.3) is 0 Å². The Labute approximate surface area is 144 Å². The van der Waals surface area contributed by atoms with Crippen molar-refractivity contribution in [2.24, 2.45) is 5.92 Å². The number of aldehydes is 1. The summed E-state index contributed by atoms with van der Waals surface area (Å²) in [4.78, 5) is 12.1. The van der Waals surface area contributed by atoms with E-state index >= 15 is 0 Å². The highest BCUT2D eigenvalue weighted by atomic mass is 16.5. The minimum atomic E-state index is 0.204. The van der Waals surface area contributed by atoms with E-state index in [0.29, 0.717) is 6.10 Å². The summed E-state index contributed by atoms with van der Waals surface area (Å²) in [5.74, 6) is 0.204. The van der Waals surface area contributed by atoms with Gasteiger partial charge in [0, 0.05) is 18.6 Å². The average molecular weight is 329 g/mol. The molecule has 0 aliphatic carbocycles. The van der Waals surface area contributed by atoms with Crippen LogP contribution in [0.15, 0.2) is 0 Å². The molecule has 0 amide bonds. The van der Waals surface area contributed by atoms with Crippen molar-refractivity contribution < 1.29 is 9.53 Å². The van der Waals surface area contributed by atoms with Gasteiger partial charge in [0.25, 0.3) is 0 Å². The number of likely N-dealkylation sites (tertiary alicyclic amines) is 1. The van der Waals surface area contributed by atoms with Crippen LogP contribution in [0.2, 0.25) is 0 Å². The van der Waals surface area contributed by atoms with Crippen LogP contribution in [0, 0.1) is 5.92 Å². The molecule has 1 aliphatic heterocycles. The maximum atomic E-state index is 9.50. The van der Waals surface area contributed by atoms with Gasteiger partial charge in [-0.1, -0.05) is 13.8 Å². The first-order valence-electron chi connectivity index (χ1n) is 9.46. The van der Waals surface area contributed by atoms with E-state index in [0.717, 1.165) is 18.9 Å². The van der Waals surface area contributed by atoms with Gasteiger partial charge in [0.15, 0.2) is 0 Å². The largest absolute Gasteiger partial charge is 0.379 e. The molecule has 0 radical (unpaired) electrons. The van der Waals surface area contributed by atoms with E-state index in [9.17, 15) is 4.79 Å². The molecule has 0 bridgehead atoms. The molecular formula is C19H40N2O2. The predicted octanol–water partition coefficient (Wildman–Crippen LogP) is 3.50. The highest BCUT2D eigenvalue weighted by Crippen LogP contribution is 2.11. The standard InChI is InChI=1S/C15H32N2O.C4H8O/c1-14(2)18-13-6-4-5-10-17-11-7-8-15(16-3)9-12-17;1-4(2)3-5/h14-16H,4-13H2,1-3H3;3-4H,1-2H3. The van der Waals surface area contributed by atoms with Crippen LogP contribution < -0.4 is 5.32 Å². The third-order valence-corrected chi connectivity index (χ3v) is 4.07. The maximum absolute atomic E-state index is 9.50. The van der Waals surface area contributed by atoms with Crippen LogP contribution in [-0.4, -0.2) is 56.6 Å². The first-order valence-corrected chi connectivity index (χ1v) is 9.46. The molecule has 0 aromatic rings. The Morgan fingerprint density at radius 3 is 2.39 bits per heavy atom. The van der Waals surface area contributed by atoms with E-state index in [-0.39, 0.29) is 5.92 Å². The molecule has 0 aromatic heterocycles. The highest BCUT2D eigenvalue weighted by molar-refractivity contribution is 5.51. The molecule has 1 fully saturated rings. The molecule has 0 spiro atoms. The highest BCUT2D eigenvalue weighted by Gasteiger charge is 2.14. The van der Waals surface area contributed by atoms with E-state index < -0.39 is 0 Å². The monoisotopic (exact) mass is 328 g/mol. The summed E-state index contributed by atoms with van der Waals surface area (Å²) in [7, 11) is 2.09. The van der Waals surface area contributed by atoms with Crippen LogP contribution >= 0.6 is 0 Å². The van der Waals surface area contributed by atoms with Gasteiger partial charge in [-0.15, -0.1) is 0 Å². The van der Waals surface area contributed by atoms with E-state index in [2.05, 4.69) is 31.1 Å². The Balaban J connectivity index is 0.000000841. The van der Waals surface area contributed by atoms with E-state index in [1.165, 1.54) is 58.2 Å². The van der Waals surface area contributed by atoms with Gasteiger partial charge in [-0.25, -0.2) is 0 Å². The fraction of sp³-hybridized carbons (Fsp3) is 0.947. The number of rotatable bonds is 9. The number of nitrogens with one attached hydrogen (secondary N) is 1. The van der Waals surface area contributed by atoms with Crippen LogP contribution in [0.1, 0.15) is 66.2 Å². The minimum Gasteiger partial charge on any atom is -0.379 e. The van der Waals surface area contributed by atoms with Gasteiger partial charge in [-0.05, 0) is 79.1 Å². The molecule has 138 valence electrons. The molecule has 1 rings (SSSR count). The first kappa shape index (κ1) is 22.6. The number of unbranched alkanes of at least 4 members (excludes halogenated alkanes) is 2. The van der Waals surface area contributed by atoms with Crippen LogP contribution in [-0.2, 0) is 9.53 Å². The summed E-state index contributed by atoms with van der Waals surface area (Å²) in [5.41, 5.74) is 0. The van der Waals surface area contributed by atoms with Crippen LogP contribution in [0.5, 0.6) is 0 Å². The third kappa shape index (κ3) is 14.9. The molecule has 1 atom stereocenters. The number of hydrogen-bond acceptors (Lipinski definition) is 4. The van der Waals surface area contributed by atoms with Crippen molar-refractivity contribution in [2.45, 2.75) is 78.4 Å². The summed E-state index contributed by atoms with van der Waals surface area (Å²) in [6, 6.07) is 0.745. The Bertz CT molecular complexity index is 270. The summed E-state index contributed by atoms with van der Waals surface area (Å²) < 4.78 is 5.56. The number of carbonyl (C=O) groups is 1. The normalized spacial score (nSPS) is 19.3. The zero-order chi connectivity index (χ0) is 17.5. The third-order valence-electron chi connectivity index (χ3n) is 4.07. The average Bonchev–Trinajstić information content (AvgIpc) is 2.76. The molecule has 0 saturated carbocycles. The summed E-state index contributed by atoms with van der Waals surface area (Å²) in [6.45, 7) is 12.7. The van der Waals surface area contributed by atoms with Crippen molar-refractivity contribution in [3.8, 4) is 0 Å². The molecule has 1 saturated heterocycles. The Morgan fingerprint density at radius 1 is 1.13 bits per heavy atom. The van der Waals surface area contributed by atoms with Gasteiger partial charge >= 0.3 is 0 Å². The quantitative estimate of drug-likeness (QED) is 0.519. The van der Waals surface area contributed by atoms with Gasteiger partial charge in [-0.3, -0.25) is 0 Å². The second-order valence-electron chi connectivity index (χ2n) is 7.12.